The number of hydrogen-bond acceptors (Lipinski definition) is 7. The van der Waals surface area contributed by atoms with Crippen molar-refractivity contribution in [3.63, 3.8) is 0 Å². The number of morpholine rings is 1. The molecule has 0 radical (unpaired) electrons. The monoisotopic (exact) mass is 513 g/mol. The van der Waals surface area contributed by atoms with Crippen molar-refractivity contribution in [3.05, 3.63) is 47.5 Å². The summed E-state index contributed by atoms with van der Waals surface area (Å²) in [4.78, 5) is 23.2. The summed E-state index contributed by atoms with van der Waals surface area (Å²) in [6.45, 7) is 4.46. The van der Waals surface area contributed by atoms with E-state index < -0.39 is 0 Å². The fourth-order valence-corrected chi connectivity index (χ4v) is 5.13. The molecule has 10 heteroatoms. The molecule has 1 aliphatic rings. The maximum atomic E-state index is 13.2. The van der Waals surface area contributed by atoms with Crippen molar-refractivity contribution < 1.29 is 14.3 Å². The van der Waals surface area contributed by atoms with Crippen LogP contribution in [0, 0.1) is 0 Å². The minimum atomic E-state index is -0.118. The van der Waals surface area contributed by atoms with Crippen molar-refractivity contribution in [2.45, 2.75) is 4.90 Å². The van der Waals surface area contributed by atoms with Crippen LogP contribution < -0.4 is 9.64 Å². The number of thioether (sulfide) groups is 1. The quantitative estimate of drug-likeness (QED) is 0.401. The Hall–Kier alpha value is -1.55. The van der Waals surface area contributed by atoms with Gasteiger partial charge in [0.15, 0.2) is 11.7 Å². The van der Waals surface area contributed by atoms with Gasteiger partial charge in [-0.1, -0.05) is 29.0 Å². The van der Waals surface area contributed by atoms with E-state index in [1.54, 1.807) is 40.9 Å². The van der Waals surface area contributed by atoms with E-state index in [9.17, 15) is 4.79 Å². The summed E-state index contributed by atoms with van der Waals surface area (Å²) >= 11 is 9.13. The lowest BCUT2D eigenvalue weighted by molar-refractivity contribution is -0.120. The van der Waals surface area contributed by atoms with Gasteiger partial charge in [0.05, 0.1) is 23.4 Å². The molecule has 32 heavy (non-hydrogen) atoms. The summed E-state index contributed by atoms with van der Waals surface area (Å²) in [5, 5.41) is 1.33. The average Bonchev–Trinajstić information content (AvgIpc) is 3.23. The van der Waals surface area contributed by atoms with Crippen LogP contribution in [0.25, 0.3) is 10.2 Å². The molecule has 2 heterocycles. The van der Waals surface area contributed by atoms with E-state index in [-0.39, 0.29) is 24.9 Å². The summed E-state index contributed by atoms with van der Waals surface area (Å²) in [5.74, 6) is 0.493. The number of para-hydroxylation sites is 1. The van der Waals surface area contributed by atoms with E-state index in [0.29, 0.717) is 22.4 Å². The topological polar surface area (TPSA) is 54.9 Å². The number of hydrogen-bond donors (Lipinski definition) is 0. The van der Waals surface area contributed by atoms with Crippen LogP contribution in [0.1, 0.15) is 0 Å². The number of nitrogens with zero attached hydrogens (tertiary/aromatic N) is 3. The normalized spacial score (nSPS) is 14.2. The third-order valence-corrected chi connectivity index (χ3v) is 7.11. The highest BCUT2D eigenvalue weighted by atomic mass is 35.5. The third kappa shape index (κ3) is 6.27. The first kappa shape index (κ1) is 25.1. The van der Waals surface area contributed by atoms with Gasteiger partial charge in [0, 0.05) is 36.1 Å². The van der Waals surface area contributed by atoms with Gasteiger partial charge < -0.3 is 9.47 Å². The zero-order valence-electron chi connectivity index (χ0n) is 17.7. The molecular weight excluding hydrogens is 489 g/mol. The van der Waals surface area contributed by atoms with E-state index in [1.165, 1.54) is 11.3 Å². The molecule has 1 aromatic heterocycles. The largest absolute Gasteiger partial charge is 0.484 e. The van der Waals surface area contributed by atoms with Gasteiger partial charge in [-0.2, -0.15) is 0 Å². The van der Waals surface area contributed by atoms with Gasteiger partial charge in [0.2, 0.25) is 0 Å². The number of carbonyl (C=O) groups excluding carboxylic acids is 1. The number of ether oxygens (including phenoxy) is 2. The molecule has 0 unspecified atom stereocenters. The Morgan fingerprint density at radius 3 is 2.72 bits per heavy atom. The lowest BCUT2D eigenvalue weighted by Crippen LogP contribution is -2.44. The molecule has 1 aliphatic heterocycles. The molecule has 3 aromatic rings. The van der Waals surface area contributed by atoms with Gasteiger partial charge in [-0.25, -0.2) is 4.98 Å². The summed E-state index contributed by atoms with van der Waals surface area (Å²) in [6, 6.07) is 13.1. The molecule has 0 aliphatic carbocycles. The summed E-state index contributed by atoms with van der Waals surface area (Å²) < 4.78 is 12.2. The molecule has 1 saturated heterocycles. The standard InChI is InChI=1S/C22H24ClN3O3S2.ClH/c1-30-18-3-2-4-19-21(18)24-22(31-19)26(10-9-25-11-13-28-14-12-25)20(27)15-29-17-7-5-16(23)6-8-17;/h2-8H,9-15H2,1H3;1H. The summed E-state index contributed by atoms with van der Waals surface area (Å²) in [5.41, 5.74) is 0.942. The Labute approximate surface area is 207 Å². The smallest absolute Gasteiger partial charge is 0.266 e. The molecule has 0 atom stereocenters. The second kappa shape index (κ2) is 12.1. The van der Waals surface area contributed by atoms with E-state index in [2.05, 4.69) is 11.0 Å². The molecule has 0 N–H and O–H groups in total. The number of benzene rings is 2. The number of halogens is 2. The fourth-order valence-electron chi connectivity index (χ4n) is 3.34. The number of rotatable bonds is 8. The zero-order valence-corrected chi connectivity index (χ0v) is 20.9. The van der Waals surface area contributed by atoms with Crippen molar-refractivity contribution in [1.29, 1.82) is 0 Å². The van der Waals surface area contributed by atoms with Crippen molar-refractivity contribution in [2.24, 2.45) is 0 Å². The van der Waals surface area contributed by atoms with Gasteiger partial charge in [0.1, 0.15) is 5.75 Å². The summed E-state index contributed by atoms with van der Waals surface area (Å²) in [7, 11) is 0. The minimum absolute atomic E-state index is 0. The van der Waals surface area contributed by atoms with E-state index in [0.717, 1.165) is 48.0 Å². The zero-order chi connectivity index (χ0) is 21.6. The van der Waals surface area contributed by atoms with Crippen LogP contribution in [-0.4, -0.2) is 68.0 Å². The Morgan fingerprint density at radius 2 is 2.00 bits per heavy atom. The van der Waals surface area contributed by atoms with Crippen LogP contribution >= 0.6 is 47.1 Å². The Morgan fingerprint density at radius 1 is 1.25 bits per heavy atom. The van der Waals surface area contributed by atoms with Gasteiger partial charge in [0.25, 0.3) is 5.91 Å². The molecule has 4 rings (SSSR count). The molecule has 172 valence electrons. The lowest BCUT2D eigenvalue weighted by Gasteiger charge is -2.29. The van der Waals surface area contributed by atoms with E-state index in [4.69, 9.17) is 26.1 Å². The number of fused-ring (bicyclic) bond motifs is 1. The van der Waals surface area contributed by atoms with Crippen LogP contribution in [0.4, 0.5) is 5.13 Å². The second-order valence-corrected chi connectivity index (χ2v) is 9.34. The van der Waals surface area contributed by atoms with Crippen LogP contribution in [-0.2, 0) is 9.53 Å². The first-order valence-corrected chi connectivity index (χ1v) is 12.5. The minimum Gasteiger partial charge on any atom is -0.484 e. The molecule has 0 saturated carbocycles. The van der Waals surface area contributed by atoms with Gasteiger partial charge in [-0.15, -0.1) is 24.2 Å². The highest BCUT2D eigenvalue weighted by molar-refractivity contribution is 7.98. The average molecular weight is 515 g/mol. The van der Waals surface area contributed by atoms with Crippen LogP contribution in [0.3, 0.4) is 0 Å². The Bertz CT molecular complexity index is 1030. The molecule has 1 amide bonds. The molecule has 0 bridgehead atoms. The molecular formula is C22H25Cl2N3O3S2. The molecule has 6 nitrogen and oxygen atoms in total. The number of anilines is 1. The number of thiazole rings is 1. The van der Waals surface area contributed by atoms with Crippen LogP contribution in [0.5, 0.6) is 5.75 Å². The van der Waals surface area contributed by atoms with Crippen molar-refractivity contribution >= 4 is 68.4 Å². The highest BCUT2D eigenvalue weighted by Gasteiger charge is 2.22. The predicted octanol–water partition coefficient (Wildman–Crippen LogP) is 4.84. The maximum Gasteiger partial charge on any atom is 0.266 e. The van der Waals surface area contributed by atoms with Crippen LogP contribution in [0.2, 0.25) is 5.02 Å². The number of carbonyl (C=O) groups is 1. The van der Waals surface area contributed by atoms with Crippen molar-refractivity contribution in [1.82, 2.24) is 9.88 Å². The predicted molar refractivity (Wildman–Crippen MR) is 135 cm³/mol. The first-order valence-electron chi connectivity index (χ1n) is 10.1. The third-order valence-electron chi connectivity index (χ3n) is 5.04. The van der Waals surface area contributed by atoms with E-state index in [1.807, 2.05) is 18.4 Å². The highest BCUT2D eigenvalue weighted by Crippen LogP contribution is 2.34. The Kier molecular flexibility index (Phi) is 9.46. The first-order chi connectivity index (χ1) is 15.1. The summed E-state index contributed by atoms with van der Waals surface area (Å²) in [6.07, 6.45) is 2.04. The molecule has 2 aromatic carbocycles. The Balaban J connectivity index is 0.00000289. The fraction of sp³-hybridized carbons (Fsp3) is 0.364. The van der Waals surface area contributed by atoms with Gasteiger partial charge >= 0.3 is 0 Å². The lowest BCUT2D eigenvalue weighted by atomic mass is 10.3. The maximum absolute atomic E-state index is 13.2. The van der Waals surface area contributed by atoms with Gasteiger partial charge in [-0.05, 0) is 42.7 Å². The van der Waals surface area contributed by atoms with Gasteiger partial charge in [-0.3, -0.25) is 14.6 Å². The molecule has 0 spiro atoms. The second-order valence-electron chi connectivity index (χ2n) is 7.05. The van der Waals surface area contributed by atoms with Crippen molar-refractivity contribution in [3.8, 4) is 5.75 Å². The van der Waals surface area contributed by atoms with Crippen LogP contribution in [0.15, 0.2) is 47.4 Å². The molecule has 1 fully saturated rings. The SMILES string of the molecule is CSc1cccc2sc(N(CCN3CCOCC3)C(=O)COc3ccc(Cl)cc3)nc12.Cl. The van der Waals surface area contributed by atoms with Crippen molar-refractivity contribution in [2.75, 3.05) is 57.2 Å². The van der Waals surface area contributed by atoms with E-state index >= 15 is 0 Å². The number of aromatic nitrogens is 1. The number of amides is 1.